The van der Waals surface area contributed by atoms with Crippen molar-refractivity contribution in [2.24, 2.45) is 11.8 Å². The lowest BCUT2D eigenvalue weighted by atomic mass is 9.74. The molecule has 0 aromatic heterocycles. The first kappa shape index (κ1) is 23.5. The number of hydrogen-bond donors (Lipinski definition) is 2. The summed E-state index contributed by atoms with van der Waals surface area (Å²) in [6, 6.07) is 14.6. The van der Waals surface area contributed by atoms with Gasteiger partial charge in [-0.15, -0.1) is 0 Å². The van der Waals surface area contributed by atoms with Crippen LogP contribution in [-0.2, 0) is 4.79 Å². The number of hydrogen-bond acceptors (Lipinski definition) is 4. The van der Waals surface area contributed by atoms with Crippen molar-refractivity contribution in [1.29, 1.82) is 0 Å². The summed E-state index contributed by atoms with van der Waals surface area (Å²) in [4.78, 5) is 14.4. The highest BCUT2D eigenvalue weighted by molar-refractivity contribution is 7.80. The number of amides is 1. The van der Waals surface area contributed by atoms with Gasteiger partial charge in [0.05, 0.1) is 5.69 Å². The Labute approximate surface area is 200 Å². The van der Waals surface area contributed by atoms with Crippen LogP contribution < -0.4 is 20.3 Å². The number of benzene rings is 2. The number of para-hydroxylation sites is 1. The summed E-state index contributed by atoms with van der Waals surface area (Å²) in [6.45, 7) is 3.09. The molecule has 1 saturated heterocycles. The van der Waals surface area contributed by atoms with E-state index in [9.17, 15) is 4.79 Å². The first-order valence-electron chi connectivity index (χ1n) is 11.9. The van der Waals surface area contributed by atoms with Crippen molar-refractivity contribution >= 4 is 34.6 Å². The Morgan fingerprint density at radius 2 is 1.94 bits per heavy atom. The lowest BCUT2D eigenvalue weighted by Gasteiger charge is -2.43. The van der Waals surface area contributed by atoms with Gasteiger partial charge in [-0.1, -0.05) is 44.4 Å². The van der Waals surface area contributed by atoms with E-state index in [1.54, 1.807) is 12.1 Å². The van der Waals surface area contributed by atoms with Gasteiger partial charge in [0.2, 0.25) is 0 Å². The molecule has 0 bridgehead atoms. The zero-order valence-electron chi connectivity index (χ0n) is 19.1. The van der Waals surface area contributed by atoms with Crippen molar-refractivity contribution in [2.75, 3.05) is 23.4 Å². The van der Waals surface area contributed by atoms with Gasteiger partial charge >= 0.3 is 0 Å². The number of rotatable bonds is 5. The topological polar surface area (TPSA) is 53.6 Å². The van der Waals surface area contributed by atoms with Crippen LogP contribution in [0.1, 0.15) is 45.4 Å². The fourth-order valence-electron chi connectivity index (χ4n) is 5.26. The van der Waals surface area contributed by atoms with Crippen molar-refractivity contribution in [3.63, 3.8) is 0 Å². The Balaban J connectivity index is 1.36. The van der Waals surface area contributed by atoms with Crippen molar-refractivity contribution in [1.82, 2.24) is 5.32 Å². The second-order valence-corrected chi connectivity index (χ2v) is 9.51. The van der Waals surface area contributed by atoms with Gasteiger partial charge in [-0.05, 0) is 73.6 Å². The second kappa shape index (κ2) is 11.0. The molecule has 176 valence electrons. The third kappa shape index (κ3) is 6.02. The quantitative estimate of drug-likeness (QED) is 0.566. The number of thiocarbonyl (C=S) groups is 1. The van der Waals surface area contributed by atoms with Gasteiger partial charge in [0.25, 0.3) is 5.91 Å². The van der Waals surface area contributed by atoms with E-state index in [1.165, 1.54) is 31.7 Å². The summed E-state index contributed by atoms with van der Waals surface area (Å²) in [7, 11) is 0. The molecule has 3 atom stereocenters. The van der Waals surface area contributed by atoms with Gasteiger partial charge < -0.3 is 15.0 Å². The molecule has 4 rings (SSSR count). The molecule has 1 aliphatic heterocycles. The molecule has 1 amide bonds. The Hall–Kier alpha value is -2.67. The highest BCUT2D eigenvalue weighted by Crippen LogP contribution is 2.41. The molecule has 0 radical (unpaired) electrons. The van der Waals surface area contributed by atoms with Crippen molar-refractivity contribution in [3.05, 3.63) is 54.3 Å². The molecule has 2 aromatic carbocycles. The molecule has 33 heavy (non-hydrogen) atoms. The lowest BCUT2D eigenvalue weighted by molar-refractivity contribution is -0.121. The minimum absolute atomic E-state index is 0.111. The number of carbonyl (C=O) groups excluding carboxylic acids is 1. The predicted molar refractivity (Wildman–Crippen MR) is 134 cm³/mol. The normalized spacial score (nSPS) is 22.6. The molecule has 1 aliphatic carbocycles. The van der Waals surface area contributed by atoms with Gasteiger partial charge in [0, 0.05) is 18.3 Å². The third-order valence-electron chi connectivity index (χ3n) is 6.85. The summed E-state index contributed by atoms with van der Waals surface area (Å²) >= 11 is 5.22. The molecule has 5 nitrogen and oxygen atoms in total. The van der Waals surface area contributed by atoms with Crippen LogP contribution in [0.4, 0.5) is 15.8 Å². The van der Waals surface area contributed by atoms with Crippen LogP contribution in [0.25, 0.3) is 0 Å². The first-order chi connectivity index (χ1) is 16.0. The zero-order valence-corrected chi connectivity index (χ0v) is 19.9. The van der Waals surface area contributed by atoms with Gasteiger partial charge in [-0.2, -0.15) is 0 Å². The van der Waals surface area contributed by atoms with Gasteiger partial charge in [-0.25, -0.2) is 4.39 Å². The van der Waals surface area contributed by atoms with E-state index in [0.717, 1.165) is 19.4 Å². The summed E-state index contributed by atoms with van der Waals surface area (Å²) in [6.07, 6.45) is 7.18. The maximum absolute atomic E-state index is 15.2. The largest absolute Gasteiger partial charge is 0.484 e. The van der Waals surface area contributed by atoms with Gasteiger partial charge in [-0.3, -0.25) is 10.1 Å². The summed E-state index contributed by atoms with van der Waals surface area (Å²) in [5, 5.41) is 5.58. The number of nitrogens with zero attached hydrogens (tertiary/aromatic N) is 1. The summed E-state index contributed by atoms with van der Waals surface area (Å²) in [5.74, 6) is 1.29. The molecule has 7 heteroatoms. The maximum Gasteiger partial charge on any atom is 0.264 e. The molecule has 1 heterocycles. The standard InChI is InChI=1S/C26H32FN3O2S/c1-18-8-7-12-23-21(18)11-5-6-15-30(23)24-14-13-19(16-22(24)27)28-26(33)29-25(31)17-32-20-9-3-2-4-10-20/h2-4,9-10,13-14,16,18,21,23H,5-8,11-12,15,17H2,1H3,(H2,28,29,31,33). The number of ether oxygens (including phenoxy) is 1. The van der Waals surface area contributed by atoms with Crippen LogP contribution in [-0.4, -0.2) is 30.2 Å². The van der Waals surface area contributed by atoms with E-state index in [0.29, 0.717) is 35.0 Å². The Morgan fingerprint density at radius 1 is 1.12 bits per heavy atom. The van der Waals surface area contributed by atoms with E-state index in [2.05, 4.69) is 22.5 Å². The smallest absolute Gasteiger partial charge is 0.264 e. The lowest BCUT2D eigenvalue weighted by Crippen LogP contribution is -2.44. The van der Waals surface area contributed by atoms with Crippen molar-refractivity contribution in [2.45, 2.75) is 51.5 Å². The van der Waals surface area contributed by atoms with Crippen LogP contribution in [0.3, 0.4) is 0 Å². The van der Waals surface area contributed by atoms with Gasteiger partial charge in [0.15, 0.2) is 11.7 Å². The third-order valence-corrected chi connectivity index (χ3v) is 7.06. The SMILES string of the molecule is CC1CCCC2C1CCCCN2c1ccc(NC(=S)NC(=O)COc2ccccc2)cc1F. The Morgan fingerprint density at radius 3 is 2.73 bits per heavy atom. The van der Waals surface area contributed by atoms with Crippen molar-refractivity contribution in [3.8, 4) is 5.75 Å². The number of halogens is 1. The molecular formula is C26H32FN3O2S. The first-order valence-corrected chi connectivity index (χ1v) is 12.3. The van der Waals surface area contributed by atoms with Crippen LogP contribution >= 0.6 is 12.2 Å². The van der Waals surface area contributed by atoms with Crippen LogP contribution in [0.5, 0.6) is 5.75 Å². The number of fused-ring (bicyclic) bond motifs is 1. The average molecular weight is 470 g/mol. The molecule has 1 saturated carbocycles. The highest BCUT2D eigenvalue weighted by Gasteiger charge is 2.36. The molecule has 2 aromatic rings. The highest BCUT2D eigenvalue weighted by atomic mass is 32.1. The summed E-state index contributed by atoms with van der Waals surface area (Å²) in [5.41, 5.74) is 1.17. The van der Waals surface area contributed by atoms with E-state index < -0.39 is 0 Å². The Bertz CT molecular complexity index is 971. The molecule has 2 aliphatic rings. The monoisotopic (exact) mass is 469 g/mol. The second-order valence-electron chi connectivity index (χ2n) is 9.10. The molecule has 2 fully saturated rings. The zero-order chi connectivity index (χ0) is 23.2. The fourth-order valence-corrected chi connectivity index (χ4v) is 5.49. The average Bonchev–Trinajstić information content (AvgIpc) is 3.02. The number of carbonyl (C=O) groups is 1. The van der Waals surface area contributed by atoms with Crippen molar-refractivity contribution < 1.29 is 13.9 Å². The predicted octanol–water partition coefficient (Wildman–Crippen LogP) is 5.51. The molecule has 2 N–H and O–H groups in total. The van der Waals surface area contributed by atoms with E-state index in [-0.39, 0.29) is 23.4 Å². The Kier molecular flexibility index (Phi) is 7.81. The fraction of sp³-hybridized carbons (Fsp3) is 0.462. The molecular weight excluding hydrogens is 437 g/mol. The molecule has 3 unspecified atom stereocenters. The summed E-state index contributed by atoms with van der Waals surface area (Å²) < 4.78 is 20.6. The minimum Gasteiger partial charge on any atom is -0.484 e. The van der Waals surface area contributed by atoms with E-state index in [4.69, 9.17) is 17.0 Å². The van der Waals surface area contributed by atoms with E-state index in [1.807, 2.05) is 30.3 Å². The maximum atomic E-state index is 15.2. The minimum atomic E-state index is -0.379. The van der Waals surface area contributed by atoms with E-state index >= 15 is 4.39 Å². The molecule has 0 spiro atoms. The number of nitrogens with one attached hydrogen (secondary N) is 2. The van der Waals surface area contributed by atoms with Crippen LogP contribution in [0, 0.1) is 17.7 Å². The van der Waals surface area contributed by atoms with Crippen LogP contribution in [0.2, 0.25) is 0 Å². The van der Waals surface area contributed by atoms with Gasteiger partial charge in [0.1, 0.15) is 11.6 Å². The van der Waals surface area contributed by atoms with Crippen LogP contribution in [0.15, 0.2) is 48.5 Å². The number of anilines is 2.